The predicted octanol–water partition coefficient (Wildman–Crippen LogP) is 4.07. The van der Waals surface area contributed by atoms with Gasteiger partial charge in [0.1, 0.15) is 0 Å². The Kier molecular flexibility index (Phi) is 5.47. The average Bonchev–Trinajstić information content (AvgIpc) is 3.01. The molecule has 0 aliphatic carbocycles. The molecule has 138 valence electrons. The van der Waals surface area contributed by atoms with E-state index in [0.717, 1.165) is 21.8 Å². The summed E-state index contributed by atoms with van der Waals surface area (Å²) in [6.45, 7) is 1.43. The van der Waals surface area contributed by atoms with Gasteiger partial charge in [0.25, 0.3) is 11.6 Å². The van der Waals surface area contributed by atoms with Crippen molar-refractivity contribution in [2.45, 2.75) is 6.92 Å². The van der Waals surface area contributed by atoms with Crippen molar-refractivity contribution in [1.29, 1.82) is 0 Å². The van der Waals surface area contributed by atoms with Crippen LogP contribution < -0.4 is 5.32 Å². The standard InChI is InChI=1S/C17H12BrN3O5S/c1-9-2-5-12-14(6-9)27-17(19-12)20-15(22)8-26-16(23)10-3-4-11(18)13(7-10)21(24)25/h2-7H,8H2,1H3,(H,19,20,22). The van der Waals surface area contributed by atoms with Crippen molar-refractivity contribution in [3.63, 3.8) is 0 Å². The first kappa shape index (κ1) is 18.9. The van der Waals surface area contributed by atoms with E-state index in [1.54, 1.807) is 0 Å². The van der Waals surface area contributed by atoms with Crippen LogP contribution in [0.1, 0.15) is 15.9 Å². The number of aryl methyl sites for hydroxylation is 1. The van der Waals surface area contributed by atoms with Crippen LogP contribution in [0, 0.1) is 17.0 Å². The second kappa shape index (κ2) is 7.80. The third kappa shape index (κ3) is 4.47. The molecular formula is C17H12BrN3O5S. The topological polar surface area (TPSA) is 111 Å². The van der Waals surface area contributed by atoms with Crippen LogP contribution in [0.15, 0.2) is 40.9 Å². The van der Waals surface area contributed by atoms with Crippen LogP contribution >= 0.6 is 27.3 Å². The molecule has 27 heavy (non-hydrogen) atoms. The quantitative estimate of drug-likeness (QED) is 0.356. The summed E-state index contributed by atoms with van der Waals surface area (Å²) in [6, 6.07) is 9.57. The average molecular weight is 450 g/mol. The highest BCUT2D eigenvalue weighted by atomic mass is 79.9. The van der Waals surface area contributed by atoms with E-state index in [1.807, 2.05) is 25.1 Å². The Hall–Kier alpha value is -2.85. The van der Waals surface area contributed by atoms with Crippen LogP contribution in [0.25, 0.3) is 10.2 Å². The molecule has 10 heteroatoms. The third-order valence-electron chi connectivity index (χ3n) is 3.50. The molecule has 0 unspecified atom stereocenters. The predicted molar refractivity (Wildman–Crippen MR) is 104 cm³/mol. The second-order valence-electron chi connectivity index (χ2n) is 5.54. The summed E-state index contributed by atoms with van der Waals surface area (Å²) in [5.41, 5.74) is 1.56. The Labute approximate surface area is 165 Å². The number of nitrogens with zero attached hydrogens (tertiary/aromatic N) is 2. The molecule has 0 spiro atoms. The zero-order valence-corrected chi connectivity index (χ0v) is 16.3. The maximum Gasteiger partial charge on any atom is 0.338 e. The fraction of sp³-hybridized carbons (Fsp3) is 0.118. The summed E-state index contributed by atoms with van der Waals surface area (Å²) in [4.78, 5) is 38.6. The molecule has 0 fully saturated rings. The maximum absolute atomic E-state index is 12.0. The minimum atomic E-state index is -0.833. The Bertz CT molecular complexity index is 1070. The monoisotopic (exact) mass is 449 g/mol. The largest absolute Gasteiger partial charge is 0.452 e. The minimum Gasteiger partial charge on any atom is -0.452 e. The zero-order chi connectivity index (χ0) is 19.6. The summed E-state index contributed by atoms with van der Waals surface area (Å²) >= 11 is 4.35. The van der Waals surface area contributed by atoms with Crippen molar-refractivity contribution in [2.75, 3.05) is 11.9 Å². The molecule has 0 aliphatic heterocycles. The van der Waals surface area contributed by atoms with Crippen molar-refractivity contribution in [3.05, 3.63) is 62.1 Å². The molecule has 1 amide bonds. The van der Waals surface area contributed by atoms with Gasteiger partial charge in [-0.25, -0.2) is 9.78 Å². The van der Waals surface area contributed by atoms with Gasteiger partial charge in [-0.3, -0.25) is 20.2 Å². The SMILES string of the molecule is Cc1ccc2nc(NC(=O)COC(=O)c3ccc(Br)c([N+](=O)[O-])c3)sc2c1. The molecule has 1 heterocycles. The molecule has 3 aromatic rings. The molecule has 0 saturated heterocycles. The van der Waals surface area contributed by atoms with E-state index < -0.39 is 23.4 Å². The van der Waals surface area contributed by atoms with Gasteiger partial charge in [-0.1, -0.05) is 17.4 Å². The minimum absolute atomic E-state index is 0.0202. The van der Waals surface area contributed by atoms with Crippen LogP contribution in [-0.2, 0) is 9.53 Å². The van der Waals surface area contributed by atoms with Crippen LogP contribution in [0.2, 0.25) is 0 Å². The fourth-order valence-corrected chi connectivity index (χ4v) is 3.61. The molecule has 0 bridgehead atoms. The molecule has 3 rings (SSSR count). The van der Waals surface area contributed by atoms with Crippen molar-refractivity contribution in [1.82, 2.24) is 4.98 Å². The van der Waals surface area contributed by atoms with E-state index in [4.69, 9.17) is 4.74 Å². The summed E-state index contributed by atoms with van der Waals surface area (Å²) < 4.78 is 6.10. The second-order valence-corrected chi connectivity index (χ2v) is 7.42. The summed E-state index contributed by atoms with van der Waals surface area (Å²) in [7, 11) is 0. The lowest BCUT2D eigenvalue weighted by Gasteiger charge is -2.05. The first-order valence-corrected chi connectivity index (χ1v) is 9.22. The Morgan fingerprint density at radius 3 is 2.81 bits per heavy atom. The molecule has 0 aliphatic rings. The van der Waals surface area contributed by atoms with Crippen molar-refractivity contribution >= 4 is 60.2 Å². The number of aromatic nitrogens is 1. The Morgan fingerprint density at radius 2 is 2.07 bits per heavy atom. The van der Waals surface area contributed by atoms with Gasteiger partial charge in [0.2, 0.25) is 0 Å². The van der Waals surface area contributed by atoms with Crippen LogP contribution in [0.4, 0.5) is 10.8 Å². The van der Waals surface area contributed by atoms with Gasteiger partial charge in [-0.2, -0.15) is 0 Å². The molecule has 0 saturated carbocycles. The van der Waals surface area contributed by atoms with Gasteiger partial charge < -0.3 is 4.74 Å². The van der Waals surface area contributed by atoms with Gasteiger partial charge in [-0.05, 0) is 52.7 Å². The number of thiazole rings is 1. The number of anilines is 1. The lowest BCUT2D eigenvalue weighted by molar-refractivity contribution is -0.385. The molecule has 1 aromatic heterocycles. The zero-order valence-electron chi connectivity index (χ0n) is 13.9. The lowest BCUT2D eigenvalue weighted by Crippen LogP contribution is -2.20. The molecule has 1 N–H and O–H groups in total. The van der Waals surface area contributed by atoms with E-state index in [9.17, 15) is 19.7 Å². The number of ether oxygens (including phenoxy) is 1. The van der Waals surface area contributed by atoms with Crippen LogP contribution in [-0.4, -0.2) is 28.4 Å². The molecule has 2 aromatic carbocycles. The highest BCUT2D eigenvalue weighted by Crippen LogP contribution is 2.27. The number of carbonyl (C=O) groups excluding carboxylic acids is 2. The highest BCUT2D eigenvalue weighted by Gasteiger charge is 2.18. The number of hydrogen-bond acceptors (Lipinski definition) is 7. The number of amides is 1. The van der Waals surface area contributed by atoms with Crippen molar-refractivity contribution in [2.24, 2.45) is 0 Å². The number of esters is 1. The van der Waals surface area contributed by atoms with E-state index >= 15 is 0 Å². The van der Waals surface area contributed by atoms with Crippen molar-refractivity contribution < 1.29 is 19.2 Å². The number of nitro groups is 1. The van der Waals surface area contributed by atoms with Gasteiger partial charge >= 0.3 is 5.97 Å². The Morgan fingerprint density at radius 1 is 1.30 bits per heavy atom. The third-order valence-corrected chi connectivity index (χ3v) is 5.11. The van der Waals surface area contributed by atoms with Crippen LogP contribution in [0.5, 0.6) is 0 Å². The first-order chi connectivity index (χ1) is 12.8. The Balaban J connectivity index is 1.62. The van der Waals surface area contributed by atoms with Gasteiger partial charge in [0, 0.05) is 6.07 Å². The van der Waals surface area contributed by atoms with Crippen molar-refractivity contribution in [3.8, 4) is 0 Å². The number of halogens is 1. The number of carbonyl (C=O) groups is 2. The number of fused-ring (bicyclic) bond motifs is 1. The smallest absolute Gasteiger partial charge is 0.338 e. The number of nitrogens with one attached hydrogen (secondary N) is 1. The molecule has 0 atom stereocenters. The summed E-state index contributed by atoms with van der Waals surface area (Å²) in [6.07, 6.45) is 0. The summed E-state index contributed by atoms with van der Waals surface area (Å²) in [5.74, 6) is -1.38. The van der Waals surface area contributed by atoms with Gasteiger partial charge in [-0.15, -0.1) is 0 Å². The maximum atomic E-state index is 12.0. The van der Waals surface area contributed by atoms with Gasteiger partial charge in [0.15, 0.2) is 11.7 Å². The van der Waals surface area contributed by atoms with E-state index in [-0.39, 0.29) is 15.7 Å². The van der Waals surface area contributed by atoms with Crippen LogP contribution in [0.3, 0.4) is 0 Å². The lowest BCUT2D eigenvalue weighted by atomic mass is 10.2. The van der Waals surface area contributed by atoms with E-state index in [2.05, 4.69) is 26.2 Å². The number of nitro benzene ring substituents is 1. The number of hydrogen-bond donors (Lipinski definition) is 1. The van der Waals surface area contributed by atoms with E-state index in [0.29, 0.717) is 5.13 Å². The van der Waals surface area contributed by atoms with E-state index in [1.165, 1.54) is 23.5 Å². The number of rotatable bonds is 5. The first-order valence-electron chi connectivity index (χ1n) is 7.61. The molecule has 0 radical (unpaired) electrons. The number of benzene rings is 2. The fourth-order valence-electron chi connectivity index (χ4n) is 2.23. The molecular weight excluding hydrogens is 438 g/mol. The highest BCUT2D eigenvalue weighted by molar-refractivity contribution is 9.10. The summed E-state index contributed by atoms with van der Waals surface area (Å²) in [5, 5.41) is 13.9. The normalized spacial score (nSPS) is 10.6. The van der Waals surface area contributed by atoms with Gasteiger partial charge in [0.05, 0.1) is 25.2 Å². The molecule has 8 nitrogen and oxygen atoms in total.